The summed E-state index contributed by atoms with van der Waals surface area (Å²) in [6.45, 7) is 17.1. The molecule has 0 spiro atoms. The van der Waals surface area contributed by atoms with E-state index in [9.17, 15) is 5.11 Å². The molecule has 1 N–H and O–H groups in total. The molecule has 0 amide bonds. The van der Waals surface area contributed by atoms with Gasteiger partial charge in [-0.1, -0.05) is 26.8 Å². The average molecular weight is 286 g/mol. The summed E-state index contributed by atoms with van der Waals surface area (Å²) in [5.41, 5.74) is -0.408. The molecule has 0 aliphatic heterocycles. The fraction of sp³-hybridized carbons (Fsp3) is 0.882. The molecule has 0 radical (unpaired) electrons. The van der Waals surface area contributed by atoms with Crippen molar-refractivity contribution in [2.45, 2.75) is 78.1 Å². The normalized spacial score (nSPS) is 15.9. The second-order valence-corrected chi connectivity index (χ2v) is 6.36. The molecule has 3 heteroatoms. The third-order valence-electron chi connectivity index (χ3n) is 4.33. The van der Waals surface area contributed by atoms with Gasteiger partial charge in [-0.3, -0.25) is 0 Å². The highest BCUT2D eigenvalue weighted by Crippen LogP contribution is 2.29. The summed E-state index contributed by atoms with van der Waals surface area (Å²) in [7, 11) is 0. The van der Waals surface area contributed by atoms with Crippen LogP contribution >= 0.6 is 0 Å². The quantitative estimate of drug-likeness (QED) is 0.584. The number of hydrogen-bond acceptors (Lipinski definition) is 3. The Labute approximate surface area is 125 Å². The summed E-state index contributed by atoms with van der Waals surface area (Å²) in [6.07, 6.45) is 4.34. The summed E-state index contributed by atoms with van der Waals surface area (Å²) in [6, 6.07) is 0. The molecular formula is C17H34O3. The van der Waals surface area contributed by atoms with E-state index in [0.717, 1.165) is 19.3 Å². The zero-order valence-corrected chi connectivity index (χ0v) is 14.2. The number of rotatable bonds is 11. The average Bonchev–Trinajstić information content (AvgIpc) is 2.41. The molecule has 0 heterocycles. The molecule has 0 aromatic carbocycles. The Morgan fingerprint density at radius 1 is 1.10 bits per heavy atom. The van der Waals surface area contributed by atoms with E-state index < -0.39 is 6.10 Å². The summed E-state index contributed by atoms with van der Waals surface area (Å²) in [4.78, 5) is 0. The van der Waals surface area contributed by atoms with E-state index in [1.807, 2.05) is 6.08 Å². The van der Waals surface area contributed by atoms with E-state index >= 15 is 0 Å². The molecule has 0 aromatic rings. The van der Waals surface area contributed by atoms with E-state index in [0.29, 0.717) is 13.2 Å². The van der Waals surface area contributed by atoms with E-state index in [1.165, 1.54) is 0 Å². The first-order chi connectivity index (χ1) is 9.23. The van der Waals surface area contributed by atoms with Crippen LogP contribution in [-0.4, -0.2) is 35.6 Å². The molecule has 0 aliphatic carbocycles. The highest BCUT2D eigenvalue weighted by molar-refractivity contribution is 4.87. The van der Waals surface area contributed by atoms with Gasteiger partial charge in [0.1, 0.15) is 0 Å². The fourth-order valence-corrected chi connectivity index (χ4v) is 2.04. The van der Waals surface area contributed by atoms with Gasteiger partial charge in [-0.15, -0.1) is 6.58 Å². The summed E-state index contributed by atoms with van der Waals surface area (Å²) in [5.74, 6) is 0.253. The maximum atomic E-state index is 9.34. The van der Waals surface area contributed by atoms with Gasteiger partial charge in [0.25, 0.3) is 0 Å². The van der Waals surface area contributed by atoms with E-state index in [4.69, 9.17) is 9.47 Å². The number of ether oxygens (including phenoxy) is 2. The minimum Gasteiger partial charge on any atom is -0.391 e. The summed E-state index contributed by atoms with van der Waals surface area (Å²) in [5, 5.41) is 9.34. The Morgan fingerprint density at radius 3 is 2.05 bits per heavy atom. The van der Waals surface area contributed by atoms with Gasteiger partial charge in [0.05, 0.1) is 30.5 Å². The molecule has 0 fully saturated rings. The Balaban J connectivity index is 4.49. The SMILES string of the molecule is C=CCC(CC)(CC)OCC(C)C(C)(C)OCC(C)O. The third-order valence-corrected chi connectivity index (χ3v) is 4.33. The van der Waals surface area contributed by atoms with Crippen LogP contribution in [0.2, 0.25) is 0 Å². The molecule has 2 atom stereocenters. The largest absolute Gasteiger partial charge is 0.391 e. The Bertz CT molecular complexity index is 267. The minimum absolute atomic E-state index is 0.101. The second-order valence-electron chi connectivity index (χ2n) is 6.36. The van der Waals surface area contributed by atoms with Crippen LogP contribution in [0.15, 0.2) is 12.7 Å². The van der Waals surface area contributed by atoms with Crippen molar-refractivity contribution in [2.24, 2.45) is 5.92 Å². The van der Waals surface area contributed by atoms with Crippen molar-refractivity contribution in [3.05, 3.63) is 12.7 Å². The lowest BCUT2D eigenvalue weighted by Gasteiger charge is -2.37. The molecule has 3 nitrogen and oxygen atoms in total. The van der Waals surface area contributed by atoms with Gasteiger partial charge in [0.2, 0.25) is 0 Å². The topological polar surface area (TPSA) is 38.7 Å². The first kappa shape index (κ1) is 19.6. The third kappa shape index (κ3) is 6.38. The van der Waals surface area contributed by atoms with Crippen LogP contribution in [-0.2, 0) is 9.47 Å². The molecule has 2 unspecified atom stereocenters. The molecule has 0 saturated carbocycles. The first-order valence-electron chi connectivity index (χ1n) is 7.80. The molecule has 0 aromatic heterocycles. The van der Waals surface area contributed by atoms with Gasteiger partial charge in [-0.05, 0) is 40.0 Å². The van der Waals surface area contributed by atoms with Crippen molar-refractivity contribution in [3.8, 4) is 0 Å². The molecule has 120 valence electrons. The van der Waals surface area contributed by atoms with Gasteiger partial charge in [-0.2, -0.15) is 0 Å². The van der Waals surface area contributed by atoms with Crippen LogP contribution in [0, 0.1) is 5.92 Å². The molecule has 0 aliphatic rings. The Kier molecular flexibility index (Phi) is 8.64. The molecular weight excluding hydrogens is 252 g/mol. The van der Waals surface area contributed by atoms with Crippen LogP contribution in [0.3, 0.4) is 0 Å². The lowest BCUT2D eigenvalue weighted by atomic mass is 9.90. The predicted molar refractivity (Wildman–Crippen MR) is 85.0 cm³/mol. The van der Waals surface area contributed by atoms with Crippen molar-refractivity contribution in [1.29, 1.82) is 0 Å². The van der Waals surface area contributed by atoms with Gasteiger partial charge in [0, 0.05) is 5.92 Å². The van der Waals surface area contributed by atoms with E-state index in [-0.39, 0.29) is 17.1 Å². The van der Waals surface area contributed by atoms with Crippen molar-refractivity contribution in [1.82, 2.24) is 0 Å². The second kappa shape index (κ2) is 8.81. The summed E-state index contributed by atoms with van der Waals surface area (Å²) < 4.78 is 12.0. The smallest absolute Gasteiger partial charge is 0.0745 e. The zero-order valence-electron chi connectivity index (χ0n) is 14.2. The van der Waals surface area contributed by atoms with Gasteiger partial charge >= 0.3 is 0 Å². The van der Waals surface area contributed by atoms with E-state index in [2.05, 4.69) is 41.2 Å². The lowest BCUT2D eigenvalue weighted by Crippen LogP contribution is -2.40. The lowest BCUT2D eigenvalue weighted by molar-refractivity contribution is -0.128. The number of hydrogen-bond donors (Lipinski definition) is 1. The molecule has 0 bridgehead atoms. The van der Waals surface area contributed by atoms with Crippen LogP contribution in [0.4, 0.5) is 0 Å². The van der Waals surface area contributed by atoms with Crippen LogP contribution < -0.4 is 0 Å². The van der Waals surface area contributed by atoms with Gasteiger partial charge in [0.15, 0.2) is 0 Å². The van der Waals surface area contributed by atoms with Gasteiger partial charge in [-0.25, -0.2) is 0 Å². The monoisotopic (exact) mass is 286 g/mol. The number of aliphatic hydroxyl groups is 1. The minimum atomic E-state index is -0.437. The number of aliphatic hydroxyl groups excluding tert-OH is 1. The van der Waals surface area contributed by atoms with Crippen molar-refractivity contribution < 1.29 is 14.6 Å². The Morgan fingerprint density at radius 2 is 1.65 bits per heavy atom. The molecule has 0 rings (SSSR count). The zero-order chi connectivity index (χ0) is 15.8. The van der Waals surface area contributed by atoms with Crippen molar-refractivity contribution >= 4 is 0 Å². The maximum absolute atomic E-state index is 9.34. The Hall–Kier alpha value is -0.380. The fourth-order valence-electron chi connectivity index (χ4n) is 2.04. The van der Waals surface area contributed by atoms with Crippen LogP contribution in [0.1, 0.15) is 60.8 Å². The standard InChI is InChI=1S/C17H34O3/c1-8-11-17(9-2,10-3)20-12-14(4)16(6,7)19-13-15(5)18/h8,14-15,18H,1,9-13H2,2-7H3. The van der Waals surface area contributed by atoms with Crippen molar-refractivity contribution in [3.63, 3.8) is 0 Å². The van der Waals surface area contributed by atoms with Crippen LogP contribution in [0.25, 0.3) is 0 Å². The first-order valence-corrected chi connectivity index (χ1v) is 7.80. The summed E-state index contributed by atoms with van der Waals surface area (Å²) >= 11 is 0. The van der Waals surface area contributed by atoms with Gasteiger partial charge < -0.3 is 14.6 Å². The predicted octanol–water partition coefficient (Wildman–Crippen LogP) is 3.95. The maximum Gasteiger partial charge on any atom is 0.0745 e. The van der Waals surface area contributed by atoms with Crippen LogP contribution in [0.5, 0.6) is 0 Å². The highest BCUT2D eigenvalue weighted by Gasteiger charge is 2.31. The van der Waals surface area contributed by atoms with E-state index in [1.54, 1.807) is 6.92 Å². The molecule has 0 saturated heterocycles. The van der Waals surface area contributed by atoms with Crippen molar-refractivity contribution in [2.75, 3.05) is 13.2 Å². The highest BCUT2D eigenvalue weighted by atomic mass is 16.5. The molecule has 20 heavy (non-hydrogen) atoms.